The van der Waals surface area contributed by atoms with Gasteiger partial charge >= 0.3 is 0 Å². The number of carbonyl (C=O) groups is 1. The van der Waals surface area contributed by atoms with Gasteiger partial charge in [0.1, 0.15) is 26.2 Å². The van der Waals surface area contributed by atoms with Crippen LogP contribution in [-0.2, 0) is 31.0 Å². The predicted molar refractivity (Wildman–Crippen MR) is 132 cm³/mol. The molecule has 0 aliphatic heterocycles. The number of carboxylic acids is 1. The largest absolute Gasteiger partial charge is 0.550 e. The van der Waals surface area contributed by atoms with Crippen molar-refractivity contribution >= 4 is 5.97 Å². The van der Waals surface area contributed by atoms with Crippen molar-refractivity contribution in [1.29, 1.82) is 0 Å². The molecule has 0 amide bonds. The Hall–Kier alpha value is -3.69. The Morgan fingerprint density at radius 3 is 0.879 bits per heavy atom. The second-order valence-electron chi connectivity index (χ2n) is 8.41. The third kappa shape index (κ3) is 8.40. The van der Waals surface area contributed by atoms with Gasteiger partial charge in [-0.05, 0) is 6.92 Å². The van der Waals surface area contributed by atoms with Crippen molar-refractivity contribution in [3.05, 3.63) is 144 Å². The second-order valence-corrected chi connectivity index (χ2v) is 8.41. The van der Waals surface area contributed by atoms with Crippen molar-refractivity contribution < 1.29 is 14.4 Å². The Morgan fingerprint density at radius 2 is 0.697 bits per heavy atom. The maximum atomic E-state index is 8.89. The van der Waals surface area contributed by atoms with E-state index >= 15 is 0 Å². The fraction of sp³-hybridized carbons (Fsp3) is 0.167. The topological polar surface area (TPSA) is 40.1 Å². The summed E-state index contributed by atoms with van der Waals surface area (Å²) < 4.78 is 0.960. The van der Waals surface area contributed by atoms with E-state index in [2.05, 4.69) is 121 Å². The number of benzene rings is 4. The van der Waals surface area contributed by atoms with Crippen molar-refractivity contribution in [2.75, 3.05) is 0 Å². The highest BCUT2D eigenvalue weighted by atomic mass is 16.4. The molecule has 3 heteroatoms. The van der Waals surface area contributed by atoms with Gasteiger partial charge in [-0.2, -0.15) is 0 Å². The first kappa shape index (κ1) is 24.0. The number of aliphatic carboxylic acids is 1. The molecule has 0 spiro atoms. The first-order chi connectivity index (χ1) is 16.0. The van der Waals surface area contributed by atoms with Crippen LogP contribution in [0.2, 0.25) is 0 Å². The van der Waals surface area contributed by atoms with Crippen LogP contribution in [-0.4, -0.2) is 10.5 Å². The van der Waals surface area contributed by atoms with Gasteiger partial charge in [-0.3, -0.25) is 0 Å². The van der Waals surface area contributed by atoms with Crippen LogP contribution < -0.4 is 5.11 Å². The number of nitrogens with zero attached hydrogens (tertiary/aromatic N) is 1. The molecule has 4 rings (SSSR count). The fourth-order valence-electron chi connectivity index (χ4n) is 4.22. The molecule has 0 bridgehead atoms. The van der Waals surface area contributed by atoms with E-state index in [1.54, 1.807) is 0 Å². The monoisotopic (exact) mass is 437 g/mol. The molecule has 0 aliphatic carbocycles. The molecule has 0 unspecified atom stereocenters. The molecule has 4 aromatic carbocycles. The number of carbonyl (C=O) groups excluding carboxylic acids is 1. The molecular weight excluding hydrogens is 406 g/mol. The molecular formula is C30H31NO2. The highest BCUT2D eigenvalue weighted by Gasteiger charge is 2.29. The molecule has 0 atom stereocenters. The van der Waals surface area contributed by atoms with Crippen molar-refractivity contribution in [3.8, 4) is 0 Å². The molecule has 168 valence electrons. The van der Waals surface area contributed by atoms with Crippen LogP contribution in [0.4, 0.5) is 0 Å². The minimum absolute atomic E-state index is 0.960. The third-order valence-corrected chi connectivity index (χ3v) is 5.44. The van der Waals surface area contributed by atoms with Crippen LogP contribution in [0.3, 0.4) is 0 Å². The van der Waals surface area contributed by atoms with Gasteiger partial charge in [0.25, 0.3) is 0 Å². The van der Waals surface area contributed by atoms with Gasteiger partial charge in [-0.1, -0.05) is 121 Å². The Bertz CT molecular complexity index is 906. The predicted octanol–water partition coefficient (Wildman–Crippen LogP) is 5.36. The van der Waals surface area contributed by atoms with Crippen LogP contribution in [0.25, 0.3) is 0 Å². The van der Waals surface area contributed by atoms with E-state index in [0.29, 0.717) is 0 Å². The molecule has 0 radical (unpaired) electrons. The summed E-state index contributed by atoms with van der Waals surface area (Å²) in [6, 6.07) is 43.7. The zero-order valence-electron chi connectivity index (χ0n) is 19.1. The van der Waals surface area contributed by atoms with Crippen molar-refractivity contribution in [3.63, 3.8) is 0 Å². The highest BCUT2D eigenvalue weighted by Crippen LogP contribution is 2.27. The molecule has 0 aliphatic rings. The fourth-order valence-corrected chi connectivity index (χ4v) is 4.22. The van der Waals surface area contributed by atoms with Gasteiger partial charge in [-0.25, -0.2) is 0 Å². The van der Waals surface area contributed by atoms with Gasteiger partial charge in [-0.15, -0.1) is 0 Å². The molecule has 0 aromatic heterocycles. The van der Waals surface area contributed by atoms with Crippen LogP contribution in [0.15, 0.2) is 121 Å². The van der Waals surface area contributed by atoms with Crippen LogP contribution in [0, 0.1) is 0 Å². The lowest BCUT2D eigenvalue weighted by molar-refractivity contribution is -0.978. The lowest BCUT2D eigenvalue weighted by Gasteiger charge is -2.39. The normalized spacial score (nSPS) is 10.7. The highest BCUT2D eigenvalue weighted by molar-refractivity contribution is 5.60. The third-order valence-electron chi connectivity index (χ3n) is 5.44. The van der Waals surface area contributed by atoms with Crippen molar-refractivity contribution in [2.45, 2.75) is 33.1 Å². The summed E-state index contributed by atoms with van der Waals surface area (Å²) >= 11 is 0. The van der Waals surface area contributed by atoms with E-state index in [9.17, 15) is 0 Å². The second kappa shape index (κ2) is 12.4. The summed E-state index contributed by atoms with van der Waals surface area (Å²) in [6.07, 6.45) is 0. The first-order valence-electron chi connectivity index (χ1n) is 11.2. The lowest BCUT2D eigenvalue weighted by Crippen LogP contribution is -2.45. The number of hydrogen-bond donors (Lipinski definition) is 0. The van der Waals surface area contributed by atoms with Crippen LogP contribution in [0.5, 0.6) is 0 Å². The first-order valence-corrected chi connectivity index (χ1v) is 11.2. The summed E-state index contributed by atoms with van der Waals surface area (Å²) in [5.74, 6) is -1.08. The Morgan fingerprint density at radius 1 is 0.515 bits per heavy atom. The number of rotatable bonds is 8. The summed E-state index contributed by atoms with van der Waals surface area (Å²) in [7, 11) is 0. The quantitative estimate of drug-likeness (QED) is 0.348. The maximum Gasteiger partial charge on any atom is 0.105 e. The zero-order chi connectivity index (χ0) is 23.4. The van der Waals surface area contributed by atoms with Crippen LogP contribution >= 0.6 is 0 Å². The Labute approximate surface area is 197 Å². The van der Waals surface area contributed by atoms with E-state index in [4.69, 9.17) is 9.90 Å². The number of quaternary nitrogens is 1. The zero-order valence-corrected chi connectivity index (χ0v) is 19.1. The van der Waals surface area contributed by atoms with Gasteiger partial charge in [0, 0.05) is 28.2 Å². The summed E-state index contributed by atoms with van der Waals surface area (Å²) in [4.78, 5) is 8.89. The molecule has 0 saturated carbocycles. The summed E-state index contributed by atoms with van der Waals surface area (Å²) in [6.45, 7) is 4.97. The van der Waals surface area contributed by atoms with Gasteiger partial charge in [0.05, 0.1) is 0 Å². The molecule has 0 saturated heterocycles. The van der Waals surface area contributed by atoms with Gasteiger partial charge in [0.2, 0.25) is 0 Å². The van der Waals surface area contributed by atoms with E-state index in [-0.39, 0.29) is 0 Å². The lowest BCUT2D eigenvalue weighted by atomic mass is 10.0. The molecule has 4 aromatic rings. The smallest absolute Gasteiger partial charge is 0.105 e. The minimum Gasteiger partial charge on any atom is -0.550 e. The van der Waals surface area contributed by atoms with E-state index in [0.717, 1.165) is 37.6 Å². The van der Waals surface area contributed by atoms with Gasteiger partial charge in [0.15, 0.2) is 0 Å². The standard InChI is InChI=1S/C28H28N.C2H4O2/c1-5-13-25(14-6-1)21-29(22-26-15-7-2-8-16-26,23-27-17-9-3-10-18-27)24-28-19-11-4-12-20-28;1-2(3)4/h1-20H,21-24H2;1H3,(H,3,4)/q+1;/p-1. The SMILES string of the molecule is CC(=O)[O-].c1ccc(C[N+](Cc2ccccc2)(Cc2ccccc2)Cc2ccccc2)cc1. The molecule has 0 fully saturated rings. The average Bonchev–Trinajstić information content (AvgIpc) is 2.81. The Kier molecular flexibility index (Phi) is 8.98. The van der Waals surface area contributed by atoms with Gasteiger partial charge < -0.3 is 14.4 Å². The molecule has 33 heavy (non-hydrogen) atoms. The maximum absolute atomic E-state index is 8.89. The van der Waals surface area contributed by atoms with E-state index in [1.165, 1.54) is 22.3 Å². The number of carboxylic acid groups (broad SMARTS) is 1. The average molecular weight is 438 g/mol. The molecule has 0 N–H and O–H groups in total. The van der Waals surface area contributed by atoms with E-state index in [1.807, 2.05) is 0 Å². The van der Waals surface area contributed by atoms with Crippen molar-refractivity contribution in [2.24, 2.45) is 0 Å². The molecule has 3 nitrogen and oxygen atoms in total. The Balaban J connectivity index is 0.000000709. The van der Waals surface area contributed by atoms with E-state index < -0.39 is 5.97 Å². The minimum atomic E-state index is -1.08. The van der Waals surface area contributed by atoms with Crippen LogP contribution in [0.1, 0.15) is 29.2 Å². The summed E-state index contributed by atoms with van der Waals surface area (Å²) in [5.41, 5.74) is 5.54. The molecule has 0 heterocycles. The number of hydrogen-bond acceptors (Lipinski definition) is 2. The van der Waals surface area contributed by atoms with Crippen molar-refractivity contribution in [1.82, 2.24) is 0 Å². The summed E-state index contributed by atoms with van der Waals surface area (Å²) in [5, 5.41) is 8.89.